The first-order valence-corrected chi connectivity index (χ1v) is 8.96. The number of rotatable bonds is 4. The van der Waals surface area contributed by atoms with Crippen LogP contribution in [0.2, 0.25) is 0 Å². The molecular formula is C11H19NO5S2. The molecule has 1 aliphatic heterocycles. The molecule has 0 spiro atoms. The lowest BCUT2D eigenvalue weighted by Crippen LogP contribution is -2.51. The second-order valence-electron chi connectivity index (χ2n) is 5.31. The van der Waals surface area contributed by atoms with Crippen LogP contribution in [-0.4, -0.2) is 60.0 Å². The Labute approximate surface area is 117 Å². The summed E-state index contributed by atoms with van der Waals surface area (Å²) in [5.74, 6) is -0.463. The van der Waals surface area contributed by atoms with Crippen molar-refractivity contribution in [3.05, 3.63) is 0 Å². The van der Waals surface area contributed by atoms with Gasteiger partial charge in [-0.25, -0.2) is 8.42 Å². The molecule has 1 rings (SSSR count). The fourth-order valence-electron chi connectivity index (χ4n) is 1.78. The normalized spacial score (nSPS) is 21.2. The standard InChI is InChI=1S/C11H19NO5S2/c1-11(2,10(14)15)6-8(13)12-4-5-18-7-9(12)19(3,16)17/h9H,4-7H2,1-3H3,(H,14,15). The Balaban J connectivity index is 2.88. The number of sulfone groups is 1. The van der Waals surface area contributed by atoms with Gasteiger partial charge in [0.15, 0.2) is 9.84 Å². The summed E-state index contributed by atoms with van der Waals surface area (Å²) in [5, 5.41) is 8.18. The van der Waals surface area contributed by atoms with Crippen molar-refractivity contribution in [1.82, 2.24) is 4.90 Å². The lowest BCUT2D eigenvalue weighted by Gasteiger charge is -2.35. The van der Waals surface area contributed by atoms with Crippen LogP contribution in [0.15, 0.2) is 0 Å². The molecule has 0 aromatic carbocycles. The third kappa shape index (κ3) is 4.10. The van der Waals surface area contributed by atoms with Crippen LogP contribution in [-0.2, 0) is 19.4 Å². The fourth-order valence-corrected chi connectivity index (χ4v) is 4.61. The highest BCUT2D eigenvalue weighted by molar-refractivity contribution is 8.00. The summed E-state index contributed by atoms with van der Waals surface area (Å²) in [6.45, 7) is 3.26. The zero-order chi connectivity index (χ0) is 14.8. The number of nitrogens with zero attached hydrogens (tertiary/aromatic N) is 1. The number of aliphatic carboxylic acids is 1. The maximum atomic E-state index is 12.2. The summed E-state index contributed by atoms with van der Waals surface area (Å²) in [6.07, 6.45) is 0.908. The predicted octanol–water partition coefficient (Wildman–Crippen LogP) is 0.433. The SMILES string of the molecule is CC(C)(CC(=O)N1CCSCC1S(C)(=O)=O)C(=O)O. The van der Waals surface area contributed by atoms with E-state index < -0.39 is 32.5 Å². The van der Waals surface area contributed by atoms with Gasteiger partial charge in [-0.1, -0.05) is 0 Å². The smallest absolute Gasteiger partial charge is 0.309 e. The minimum Gasteiger partial charge on any atom is -0.481 e. The minimum atomic E-state index is -3.36. The zero-order valence-electron chi connectivity index (χ0n) is 11.2. The molecule has 0 saturated carbocycles. The maximum absolute atomic E-state index is 12.2. The van der Waals surface area contributed by atoms with Crippen LogP contribution >= 0.6 is 11.8 Å². The summed E-state index contributed by atoms with van der Waals surface area (Å²) in [6, 6.07) is 0. The van der Waals surface area contributed by atoms with E-state index in [2.05, 4.69) is 0 Å². The van der Waals surface area contributed by atoms with Gasteiger partial charge < -0.3 is 10.0 Å². The van der Waals surface area contributed by atoms with E-state index in [0.29, 0.717) is 18.1 Å². The van der Waals surface area contributed by atoms with Crippen LogP contribution in [0.25, 0.3) is 0 Å². The molecule has 1 unspecified atom stereocenters. The van der Waals surface area contributed by atoms with Crippen molar-refractivity contribution in [1.29, 1.82) is 0 Å². The van der Waals surface area contributed by atoms with Gasteiger partial charge >= 0.3 is 5.97 Å². The average molecular weight is 309 g/mol. The van der Waals surface area contributed by atoms with Crippen molar-refractivity contribution < 1.29 is 23.1 Å². The van der Waals surface area contributed by atoms with Crippen molar-refractivity contribution in [3.8, 4) is 0 Å². The highest BCUT2D eigenvalue weighted by Crippen LogP contribution is 2.26. The van der Waals surface area contributed by atoms with Crippen LogP contribution in [0.5, 0.6) is 0 Å². The summed E-state index contributed by atoms with van der Waals surface area (Å²) < 4.78 is 23.4. The Morgan fingerprint density at radius 3 is 2.47 bits per heavy atom. The van der Waals surface area contributed by atoms with Crippen molar-refractivity contribution in [2.24, 2.45) is 5.41 Å². The van der Waals surface area contributed by atoms with Crippen molar-refractivity contribution in [3.63, 3.8) is 0 Å². The van der Waals surface area contributed by atoms with Crippen LogP contribution in [0.4, 0.5) is 0 Å². The van der Waals surface area contributed by atoms with Crippen LogP contribution < -0.4 is 0 Å². The van der Waals surface area contributed by atoms with Gasteiger partial charge in [0.2, 0.25) is 5.91 Å². The molecule has 110 valence electrons. The lowest BCUT2D eigenvalue weighted by molar-refractivity contribution is -0.151. The molecular weight excluding hydrogens is 290 g/mol. The average Bonchev–Trinajstić information content (AvgIpc) is 2.27. The molecule has 0 aromatic rings. The van der Waals surface area contributed by atoms with E-state index in [1.807, 2.05) is 0 Å². The van der Waals surface area contributed by atoms with E-state index in [-0.39, 0.29) is 6.42 Å². The second-order valence-corrected chi connectivity index (χ2v) is 8.67. The molecule has 1 heterocycles. The third-order valence-corrected chi connectivity index (χ3v) is 5.71. The Hall–Kier alpha value is -0.760. The molecule has 1 fully saturated rings. The number of carboxylic acids is 1. The van der Waals surface area contributed by atoms with Gasteiger partial charge in [0.1, 0.15) is 5.37 Å². The van der Waals surface area contributed by atoms with E-state index in [4.69, 9.17) is 5.11 Å². The molecule has 0 bridgehead atoms. The first-order chi connectivity index (χ1) is 8.55. The monoisotopic (exact) mass is 309 g/mol. The van der Waals surface area contributed by atoms with E-state index >= 15 is 0 Å². The molecule has 0 aliphatic carbocycles. The van der Waals surface area contributed by atoms with Gasteiger partial charge in [-0.2, -0.15) is 11.8 Å². The van der Waals surface area contributed by atoms with Crippen molar-refractivity contribution in [2.45, 2.75) is 25.6 Å². The number of carbonyl (C=O) groups is 2. The van der Waals surface area contributed by atoms with E-state index in [0.717, 1.165) is 6.26 Å². The predicted molar refractivity (Wildman–Crippen MR) is 73.7 cm³/mol. The summed E-state index contributed by atoms with van der Waals surface area (Å²) in [4.78, 5) is 24.5. The van der Waals surface area contributed by atoms with E-state index in [1.54, 1.807) is 0 Å². The Bertz CT molecular complexity index is 471. The number of hydrogen-bond donors (Lipinski definition) is 1. The summed E-state index contributed by atoms with van der Waals surface area (Å²) in [7, 11) is -3.36. The molecule has 19 heavy (non-hydrogen) atoms. The molecule has 0 radical (unpaired) electrons. The van der Waals surface area contributed by atoms with Gasteiger partial charge in [0.05, 0.1) is 5.41 Å². The van der Waals surface area contributed by atoms with Crippen LogP contribution in [0.3, 0.4) is 0 Å². The molecule has 8 heteroatoms. The summed E-state index contributed by atoms with van der Waals surface area (Å²) >= 11 is 1.49. The van der Waals surface area contributed by atoms with Crippen molar-refractivity contribution in [2.75, 3.05) is 24.3 Å². The molecule has 6 nitrogen and oxygen atoms in total. The molecule has 0 aromatic heterocycles. The number of carboxylic acid groups (broad SMARTS) is 1. The second kappa shape index (κ2) is 5.70. The quantitative estimate of drug-likeness (QED) is 0.810. The van der Waals surface area contributed by atoms with Crippen molar-refractivity contribution >= 4 is 33.5 Å². The minimum absolute atomic E-state index is 0.195. The van der Waals surface area contributed by atoms with E-state index in [9.17, 15) is 18.0 Å². The van der Waals surface area contributed by atoms with Crippen LogP contribution in [0, 0.1) is 5.41 Å². The Kier molecular flexibility index (Phi) is 4.89. The van der Waals surface area contributed by atoms with E-state index in [1.165, 1.54) is 30.5 Å². The molecule has 1 N–H and O–H groups in total. The first kappa shape index (κ1) is 16.3. The fraction of sp³-hybridized carbons (Fsp3) is 0.818. The molecule has 1 saturated heterocycles. The van der Waals surface area contributed by atoms with Crippen LogP contribution in [0.1, 0.15) is 20.3 Å². The van der Waals surface area contributed by atoms with Gasteiger partial charge in [-0.3, -0.25) is 9.59 Å². The number of amides is 1. The molecule has 1 atom stereocenters. The largest absolute Gasteiger partial charge is 0.481 e. The lowest BCUT2D eigenvalue weighted by atomic mass is 9.89. The summed E-state index contributed by atoms with van der Waals surface area (Å²) in [5.41, 5.74) is -1.19. The number of hydrogen-bond acceptors (Lipinski definition) is 5. The number of thioether (sulfide) groups is 1. The van der Waals surface area contributed by atoms with Gasteiger partial charge in [0, 0.05) is 30.7 Å². The third-order valence-electron chi connectivity index (χ3n) is 3.07. The number of carbonyl (C=O) groups excluding carboxylic acids is 1. The maximum Gasteiger partial charge on any atom is 0.309 e. The van der Waals surface area contributed by atoms with Gasteiger partial charge in [-0.05, 0) is 13.8 Å². The molecule has 1 aliphatic rings. The first-order valence-electron chi connectivity index (χ1n) is 5.85. The highest BCUT2D eigenvalue weighted by Gasteiger charge is 2.38. The Morgan fingerprint density at radius 2 is 2.00 bits per heavy atom. The topological polar surface area (TPSA) is 91.8 Å². The molecule has 1 amide bonds. The zero-order valence-corrected chi connectivity index (χ0v) is 12.9. The van der Waals surface area contributed by atoms with Gasteiger partial charge in [-0.15, -0.1) is 0 Å². The highest BCUT2D eigenvalue weighted by atomic mass is 32.2. The van der Waals surface area contributed by atoms with Gasteiger partial charge in [0.25, 0.3) is 0 Å². The Morgan fingerprint density at radius 1 is 1.42 bits per heavy atom.